The van der Waals surface area contributed by atoms with E-state index in [1.54, 1.807) is 56.3 Å². The van der Waals surface area contributed by atoms with Crippen molar-refractivity contribution < 1.29 is 23.5 Å². The van der Waals surface area contributed by atoms with Crippen molar-refractivity contribution in [2.24, 2.45) is 5.10 Å². The van der Waals surface area contributed by atoms with Crippen molar-refractivity contribution in [2.45, 2.75) is 33.1 Å². The number of pyridine rings is 1. The molecule has 2 amide bonds. The number of carbonyl (C=O) groups excluding carboxylic acids is 3. The molecular weight excluding hydrogens is 436 g/mol. The summed E-state index contributed by atoms with van der Waals surface area (Å²) < 4.78 is 11.0. The minimum atomic E-state index is -0.521. The molecule has 174 valence electrons. The van der Waals surface area contributed by atoms with Gasteiger partial charge in [0.15, 0.2) is 5.76 Å². The van der Waals surface area contributed by atoms with Crippen LogP contribution in [0.25, 0.3) is 0 Å². The lowest BCUT2D eigenvalue weighted by Gasteiger charge is -2.13. The van der Waals surface area contributed by atoms with Gasteiger partial charge in [0.2, 0.25) is 0 Å². The number of ether oxygens (including phenoxy) is 1. The van der Waals surface area contributed by atoms with Crippen LogP contribution >= 0.6 is 0 Å². The first kappa shape index (κ1) is 22.9. The Hall–Kier alpha value is -4.27. The van der Waals surface area contributed by atoms with Crippen molar-refractivity contribution in [2.75, 3.05) is 11.9 Å². The van der Waals surface area contributed by atoms with E-state index in [2.05, 4.69) is 20.8 Å². The normalized spacial score (nSPS) is 13.8. The van der Waals surface area contributed by atoms with Crippen LogP contribution in [0.3, 0.4) is 0 Å². The average molecular weight is 460 g/mol. The summed E-state index contributed by atoms with van der Waals surface area (Å²) >= 11 is 0. The van der Waals surface area contributed by atoms with E-state index in [1.807, 2.05) is 0 Å². The fraction of sp³-hybridized carbons (Fsp3) is 0.240. The van der Waals surface area contributed by atoms with Gasteiger partial charge in [-0.2, -0.15) is 5.10 Å². The van der Waals surface area contributed by atoms with Crippen LogP contribution in [0, 0.1) is 6.92 Å². The number of para-hydroxylation sites is 1. The van der Waals surface area contributed by atoms with Gasteiger partial charge in [0.1, 0.15) is 11.5 Å². The Morgan fingerprint density at radius 3 is 2.65 bits per heavy atom. The van der Waals surface area contributed by atoms with Crippen molar-refractivity contribution in [3.63, 3.8) is 0 Å². The molecule has 0 unspecified atom stereocenters. The number of aromatic nitrogens is 1. The maximum absolute atomic E-state index is 13.1. The van der Waals surface area contributed by atoms with E-state index in [1.165, 1.54) is 6.20 Å². The Labute approximate surface area is 196 Å². The van der Waals surface area contributed by atoms with E-state index in [-0.39, 0.29) is 23.6 Å². The molecule has 1 aromatic carbocycles. The maximum Gasteiger partial charge on any atom is 0.340 e. The molecule has 0 saturated carbocycles. The summed E-state index contributed by atoms with van der Waals surface area (Å²) in [7, 11) is 0. The number of benzene rings is 1. The molecule has 0 atom stereocenters. The van der Waals surface area contributed by atoms with Crippen LogP contribution in [0.1, 0.15) is 68.1 Å². The second-order valence-electron chi connectivity index (χ2n) is 7.64. The van der Waals surface area contributed by atoms with Gasteiger partial charge in [-0.15, -0.1) is 0 Å². The standard InChI is InChI=1S/C25H24N4O5/c1-3-33-25(32)16-9-4-5-10-17(16)27-24(31)22-15(2)21-18(12-8-13-20(21)34-22)28-29-23(30)19-11-6-7-14-26-19/h4-7,9-11,14H,3,8,12-13H2,1-2H3,(H,27,31)(H,29,30)/b28-18+. The summed E-state index contributed by atoms with van der Waals surface area (Å²) in [6, 6.07) is 11.7. The molecule has 1 aliphatic carbocycles. The first-order chi connectivity index (χ1) is 16.5. The second kappa shape index (κ2) is 10.1. The number of nitrogens with one attached hydrogen (secondary N) is 2. The van der Waals surface area contributed by atoms with Crippen LogP contribution in [-0.2, 0) is 11.2 Å². The van der Waals surface area contributed by atoms with Gasteiger partial charge in [-0.05, 0) is 51.0 Å². The van der Waals surface area contributed by atoms with E-state index in [9.17, 15) is 14.4 Å². The van der Waals surface area contributed by atoms with E-state index in [0.29, 0.717) is 35.6 Å². The molecule has 0 fully saturated rings. The van der Waals surface area contributed by atoms with Crippen LogP contribution in [0.5, 0.6) is 0 Å². The van der Waals surface area contributed by atoms with Gasteiger partial charge in [-0.25, -0.2) is 10.2 Å². The first-order valence-corrected chi connectivity index (χ1v) is 11.0. The largest absolute Gasteiger partial charge is 0.462 e. The second-order valence-corrected chi connectivity index (χ2v) is 7.64. The zero-order valence-electron chi connectivity index (χ0n) is 18.9. The van der Waals surface area contributed by atoms with Gasteiger partial charge in [-0.1, -0.05) is 18.2 Å². The average Bonchev–Trinajstić information content (AvgIpc) is 3.20. The summed E-state index contributed by atoms with van der Waals surface area (Å²) in [5, 5.41) is 7.05. The predicted octanol–water partition coefficient (Wildman–Crippen LogP) is 3.88. The van der Waals surface area contributed by atoms with Gasteiger partial charge in [0.05, 0.1) is 23.6 Å². The Morgan fingerprint density at radius 1 is 1.09 bits per heavy atom. The fourth-order valence-corrected chi connectivity index (χ4v) is 3.83. The SMILES string of the molecule is CCOC(=O)c1ccccc1NC(=O)c1oc2c(c1C)/C(=N/NC(=O)c1ccccn1)CCC2. The van der Waals surface area contributed by atoms with Crippen molar-refractivity contribution >= 4 is 29.2 Å². The van der Waals surface area contributed by atoms with Crippen LogP contribution in [0.2, 0.25) is 0 Å². The lowest BCUT2D eigenvalue weighted by Crippen LogP contribution is -2.23. The highest BCUT2D eigenvalue weighted by Gasteiger charge is 2.28. The third-order valence-corrected chi connectivity index (χ3v) is 5.39. The van der Waals surface area contributed by atoms with Crippen LogP contribution in [-0.4, -0.2) is 35.1 Å². The molecule has 4 rings (SSSR count). The predicted molar refractivity (Wildman–Crippen MR) is 125 cm³/mol. The van der Waals surface area contributed by atoms with Gasteiger partial charge >= 0.3 is 5.97 Å². The van der Waals surface area contributed by atoms with Crippen LogP contribution < -0.4 is 10.7 Å². The molecule has 3 aromatic rings. The molecule has 0 spiro atoms. The zero-order valence-corrected chi connectivity index (χ0v) is 18.9. The lowest BCUT2D eigenvalue weighted by molar-refractivity contribution is 0.0527. The highest BCUT2D eigenvalue weighted by atomic mass is 16.5. The molecule has 34 heavy (non-hydrogen) atoms. The van der Waals surface area contributed by atoms with Gasteiger partial charge in [-0.3, -0.25) is 14.6 Å². The lowest BCUT2D eigenvalue weighted by atomic mass is 9.93. The number of carbonyl (C=O) groups is 3. The number of esters is 1. The minimum absolute atomic E-state index is 0.134. The molecule has 2 N–H and O–H groups in total. The summed E-state index contributed by atoms with van der Waals surface area (Å²) in [6.07, 6.45) is 3.58. The maximum atomic E-state index is 13.1. The molecule has 2 heterocycles. The molecule has 0 bridgehead atoms. The monoisotopic (exact) mass is 460 g/mol. The third-order valence-electron chi connectivity index (χ3n) is 5.39. The van der Waals surface area contributed by atoms with E-state index >= 15 is 0 Å². The molecule has 9 heteroatoms. The Kier molecular flexibility index (Phi) is 6.82. The third kappa shape index (κ3) is 4.73. The number of hydrogen-bond donors (Lipinski definition) is 2. The smallest absolute Gasteiger partial charge is 0.340 e. The number of aryl methyl sites for hydroxylation is 1. The Morgan fingerprint density at radius 2 is 1.88 bits per heavy atom. The number of anilines is 1. The van der Waals surface area contributed by atoms with Crippen LogP contribution in [0.15, 0.2) is 58.2 Å². The summed E-state index contributed by atoms with van der Waals surface area (Å²) in [5.41, 5.74) is 5.36. The Bertz CT molecular complexity index is 1260. The van der Waals surface area contributed by atoms with E-state index in [0.717, 1.165) is 12.0 Å². The van der Waals surface area contributed by atoms with Crippen molar-refractivity contribution in [1.82, 2.24) is 10.4 Å². The molecule has 2 aromatic heterocycles. The van der Waals surface area contributed by atoms with E-state index < -0.39 is 17.8 Å². The minimum Gasteiger partial charge on any atom is -0.462 e. The number of hydrazone groups is 1. The number of rotatable bonds is 6. The molecule has 9 nitrogen and oxygen atoms in total. The molecule has 1 aliphatic rings. The number of hydrogen-bond acceptors (Lipinski definition) is 7. The summed E-state index contributed by atoms with van der Waals surface area (Å²) in [4.78, 5) is 41.6. The zero-order chi connectivity index (χ0) is 24.1. The quantitative estimate of drug-likeness (QED) is 0.425. The number of amides is 2. The fourth-order valence-electron chi connectivity index (χ4n) is 3.83. The topological polar surface area (TPSA) is 123 Å². The van der Waals surface area contributed by atoms with Gasteiger partial charge < -0.3 is 14.5 Å². The summed E-state index contributed by atoms with van der Waals surface area (Å²) in [5.74, 6) is -0.657. The summed E-state index contributed by atoms with van der Waals surface area (Å²) in [6.45, 7) is 3.72. The number of fused-ring (bicyclic) bond motifs is 1. The Balaban J connectivity index is 1.57. The van der Waals surface area contributed by atoms with Crippen LogP contribution in [0.4, 0.5) is 5.69 Å². The number of nitrogens with zero attached hydrogens (tertiary/aromatic N) is 2. The van der Waals surface area contributed by atoms with E-state index in [4.69, 9.17) is 9.15 Å². The molecule has 0 radical (unpaired) electrons. The van der Waals surface area contributed by atoms with Crippen molar-refractivity contribution in [3.8, 4) is 0 Å². The van der Waals surface area contributed by atoms with Crippen molar-refractivity contribution in [3.05, 3.63) is 82.6 Å². The first-order valence-electron chi connectivity index (χ1n) is 11.0. The van der Waals surface area contributed by atoms with Gasteiger partial charge in [0, 0.05) is 23.7 Å². The van der Waals surface area contributed by atoms with Crippen molar-refractivity contribution in [1.29, 1.82) is 0 Å². The molecule has 0 aliphatic heterocycles. The highest BCUT2D eigenvalue weighted by Crippen LogP contribution is 2.30. The molecule has 0 saturated heterocycles. The van der Waals surface area contributed by atoms with Gasteiger partial charge in [0.25, 0.3) is 11.8 Å². The highest BCUT2D eigenvalue weighted by molar-refractivity contribution is 6.11. The molecular formula is C25H24N4O5. The number of furan rings is 1.